The highest BCUT2D eigenvalue weighted by atomic mass is 32.2. The molecule has 1 rings (SSSR count). The topological polar surface area (TPSA) is 69.7 Å². The molecule has 148 valence electrons. The van der Waals surface area contributed by atoms with E-state index in [4.69, 9.17) is 9.16 Å². The molecule has 9 heteroatoms. The molecule has 1 atom stereocenters. The SMILES string of the molecule is C[Si](C)(C)OCS(=O)(=O)C[Si](C)(C(=O)OC1CCCCC1)[Si](C)(C)C. The third-order valence-electron chi connectivity index (χ3n) is 5.11. The number of hydrogen-bond donors (Lipinski definition) is 0. The van der Waals surface area contributed by atoms with Gasteiger partial charge in [0, 0.05) is 0 Å². The summed E-state index contributed by atoms with van der Waals surface area (Å²) in [6.45, 7) is 14.1. The van der Waals surface area contributed by atoms with Crippen LogP contribution in [0.15, 0.2) is 0 Å². The Morgan fingerprint density at radius 2 is 1.48 bits per heavy atom. The van der Waals surface area contributed by atoms with Gasteiger partial charge in [-0.2, -0.15) is 0 Å². The number of hydrogen-bond acceptors (Lipinski definition) is 5. The summed E-state index contributed by atoms with van der Waals surface area (Å²) < 4.78 is 36.8. The van der Waals surface area contributed by atoms with Crippen LogP contribution in [0, 0.1) is 0 Å². The maximum Gasteiger partial charge on any atom is 0.270 e. The van der Waals surface area contributed by atoms with Gasteiger partial charge in [-0.1, -0.05) is 32.6 Å². The lowest BCUT2D eigenvalue weighted by molar-refractivity contribution is 0.0937. The van der Waals surface area contributed by atoms with Gasteiger partial charge in [0.1, 0.15) is 12.0 Å². The maximum absolute atomic E-state index is 13.0. The minimum absolute atomic E-state index is 0.0228. The van der Waals surface area contributed by atoms with Crippen molar-refractivity contribution in [1.82, 2.24) is 0 Å². The van der Waals surface area contributed by atoms with E-state index < -0.39 is 33.3 Å². The highest BCUT2D eigenvalue weighted by molar-refractivity contribution is 7.94. The van der Waals surface area contributed by atoms with E-state index in [9.17, 15) is 13.2 Å². The molecule has 0 radical (unpaired) electrons. The first-order chi connectivity index (χ1) is 11.2. The molecule has 0 N–H and O–H groups in total. The van der Waals surface area contributed by atoms with Crippen LogP contribution in [-0.2, 0) is 19.0 Å². The molecule has 0 aliphatic heterocycles. The number of carbonyl (C=O) groups is 1. The minimum atomic E-state index is -3.43. The summed E-state index contributed by atoms with van der Waals surface area (Å²) in [4.78, 5) is 13.0. The zero-order valence-corrected chi connectivity index (χ0v) is 20.8. The van der Waals surface area contributed by atoms with E-state index in [1.807, 2.05) is 26.2 Å². The van der Waals surface area contributed by atoms with Crippen LogP contribution in [0.5, 0.6) is 0 Å². The van der Waals surface area contributed by atoms with Crippen LogP contribution in [0.3, 0.4) is 0 Å². The Kier molecular flexibility index (Phi) is 7.72. The molecule has 1 unspecified atom stereocenters. The van der Waals surface area contributed by atoms with Crippen molar-refractivity contribution < 1.29 is 22.4 Å². The van der Waals surface area contributed by atoms with Crippen LogP contribution in [0.25, 0.3) is 0 Å². The monoisotopic (exact) mass is 424 g/mol. The average molecular weight is 425 g/mol. The first-order valence-electron chi connectivity index (χ1n) is 9.22. The predicted octanol–water partition coefficient (Wildman–Crippen LogP) is 4.30. The third kappa shape index (κ3) is 7.28. The highest BCUT2D eigenvalue weighted by Gasteiger charge is 2.53. The first kappa shape index (κ1) is 23.1. The standard InChI is InChI=1S/C16H36O5SSi3/c1-23(2,3)20-13-22(18,19)14-25(7,24(4,5)6)16(17)21-15-11-9-8-10-12-15/h15H,8-14H2,1-7H3. The lowest BCUT2D eigenvalue weighted by atomic mass is 9.98. The van der Waals surface area contributed by atoms with Crippen molar-refractivity contribution in [3.63, 3.8) is 0 Å². The lowest BCUT2D eigenvalue weighted by Gasteiger charge is -2.37. The summed E-state index contributed by atoms with van der Waals surface area (Å²) >= 11 is 0. The molecule has 25 heavy (non-hydrogen) atoms. The van der Waals surface area contributed by atoms with Gasteiger partial charge in [0.2, 0.25) is 0 Å². The smallest absolute Gasteiger partial charge is 0.270 e. The summed E-state index contributed by atoms with van der Waals surface area (Å²) in [6.07, 6.45) is 5.17. The maximum atomic E-state index is 13.0. The fourth-order valence-corrected chi connectivity index (χ4v) is 19.9. The number of ether oxygens (including phenoxy) is 1. The van der Waals surface area contributed by atoms with Gasteiger partial charge in [0.05, 0.1) is 13.0 Å². The van der Waals surface area contributed by atoms with Crippen molar-refractivity contribution >= 4 is 38.9 Å². The van der Waals surface area contributed by atoms with Gasteiger partial charge in [-0.15, -0.1) is 0 Å². The van der Waals surface area contributed by atoms with Crippen molar-refractivity contribution in [2.45, 2.75) is 84.0 Å². The molecule has 0 aromatic heterocycles. The molecule has 0 amide bonds. The van der Waals surface area contributed by atoms with Gasteiger partial charge in [0.25, 0.3) is 5.59 Å². The zero-order valence-electron chi connectivity index (χ0n) is 17.0. The summed E-state index contributed by atoms with van der Waals surface area (Å²) in [5, 5.41) is -0.0498. The predicted molar refractivity (Wildman–Crippen MR) is 111 cm³/mol. The normalized spacial score (nSPS) is 20.1. The van der Waals surface area contributed by atoms with Crippen LogP contribution in [-0.4, -0.2) is 54.9 Å². The molecule has 0 aromatic carbocycles. The number of sulfone groups is 1. The average Bonchev–Trinajstić information content (AvgIpc) is 2.44. The van der Waals surface area contributed by atoms with Crippen molar-refractivity contribution in [3.05, 3.63) is 0 Å². The Hall–Kier alpha value is 0.0306. The Morgan fingerprint density at radius 3 is 1.92 bits per heavy atom. The van der Waals surface area contributed by atoms with Crippen molar-refractivity contribution in [3.8, 4) is 0 Å². The van der Waals surface area contributed by atoms with Gasteiger partial charge >= 0.3 is 0 Å². The lowest BCUT2D eigenvalue weighted by Crippen LogP contribution is -2.66. The molecule has 0 heterocycles. The molecule has 1 aliphatic carbocycles. The molecular weight excluding hydrogens is 388 g/mol. The molecule has 5 nitrogen and oxygen atoms in total. The largest absolute Gasteiger partial charge is 0.467 e. The van der Waals surface area contributed by atoms with Crippen molar-refractivity contribution in [2.75, 3.05) is 11.3 Å². The number of rotatable bonds is 8. The fraction of sp³-hybridized carbons (Fsp3) is 0.938. The summed E-state index contributed by atoms with van der Waals surface area (Å²) in [7, 11) is -10.1. The number of carbonyl (C=O) groups excluding carboxylic acids is 1. The van der Waals surface area contributed by atoms with E-state index in [1.165, 1.54) is 6.42 Å². The van der Waals surface area contributed by atoms with Crippen LogP contribution >= 0.6 is 0 Å². The molecule has 1 aliphatic rings. The van der Waals surface area contributed by atoms with Crippen LogP contribution in [0.2, 0.25) is 45.8 Å². The van der Waals surface area contributed by atoms with Crippen molar-refractivity contribution in [1.29, 1.82) is 0 Å². The van der Waals surface area contributed by atoms with Crippen molar-refractivity contribution in [2.24, 2.45) is 0 Å². The van der Waals surface area contributed by atoms with Gasteiger partial charge in [-0.3, -0.25) is 4.79 Å². The molecule has 1 fully saturated rings. The van der Waals surface area contributed by atoms with E-state index in [0.29, 0.717) is 0 Å². The molecule has 0 spiro atoms. The van der Waals surface area contributed by atoms with Gasteiger partial charge in [-0.25, -0.2) is 8.42 Å². The third-order valence-corrected chi connectivity index (χ3v) is 27.1. The zero-order chi connectivity index (χ0) is 19.5. The van der Waals surface area contributed by atoms with Crippen LogP contribution in [0.1, 0.15) is 32.1 Å². The second-order valence-corrected chi connectivity index (χ2v) is 32.3. The molecule has 0 aromatic rings. The van der Waals surface area contributed by atoms with E-state index in [0.717, 1.165) is 25.7 Å². The first-order valence-corrected chi connectivity index (χ1v) is 21.7. The van der Waals surface area contributed by atoms with E-state index in [-0.39, 0.29) is 23.0 Å². The minimum Gasteiger partial charge on any atom is -0.467 e. The second kappa shape index (κ2) is 8.37. The summed E-state index contributed by atoms with van der Waals surface area (Å²) in [5.74, 6) is -0.271. The Bertz CT molecular complexity index is 559. The molecular formula is C16H36O5SSi3. The Balaban J connectivity index is 2.92. The van der Waals surface area contributed by atoms with Gasteiger partial charge in [0.15, 0.2) is 25.7 Å². The Labute approximate surface area is 156 Å². The molecule has 0 bridgehead atoms. The van der Waals surface area contributed by atoms with Gasteiger partial charge in [-0.05, 0) is 45.3 Å². The van der Waals surface area contributed by atoms with E-state index in [1.54, 1.807) is 0 Å². The van der Waals surface area contributed by atoms with E-state index in [2.05, 4.69) is 19.6 Å². The van der Waals surface area contributed by atoms with E-state index >= 15 is 0 Å². The molecule has 1 saturated carbocycles. The molecule has 0 saturated heterocycles. The highest BCUT2D eigenvalue weighted by Crippen LogP contribution is 2.27. The summed E-state index contributed by atoms with van der Waals surface area (Å²) in [6, 6.07) is 0. The van der Waals surface area contributed by atoms with Crippen LogP contribution in [0.4, 0.5) is 4.79 Å². The quantitative estimate of drug-likeness (QED) is 0.543. The second-order valence-electron chi connectivity index (χ2n) is 9.51. The Morgan fingerprint density at radius 1 is 0.960 bits per heavy atom. The summed E-state index contributed by atoms with van der Waals surface area (Å²) in [5.41, 5.74) is -0.199. The van der Waals surface area contributed by atoms with Gasteiger partial charge < -0.3 is 9.16 Å². The fourth-order valence-electron chi connectivity index (χ4n) is 2.79. The van der Waals surface area contributed by atoms with Crippen LogP contribution < -0.4 is 0 Å².